The molecule has 1 aromatic carbocycles. The van der Waals surface area contributed by atoms with Crippen molar-refractivity contribution in [1.29, 1.82) is 0 Å². The number of hydrogen-bond donors (Lipinski definition) is 1. The Morgan fingerprint density at radius 2 is 2.19 bits per heavy atom. The largest absolute Gasteiger partial charge is 0.493 e. The number of nitrogens with zero attached hydrogens (tertiary/aromatic N) is 3. The maximum atomic E-state index is 12.9. The van der Waals surface area contributed by atoms with Gasteiger partial charge in [0, 0.05) is 19.2 Å². The van der Waals surface area contributed by atoms with Crippen LogP contribution in [0.3, 0.4) is 0 Å². The fraction of sp³-hybridized carbons (Fsp3) is 0.333. The number of carbonyl (C=O) groups excluding carboxylic acids is 1. The van der Waals surface area contributed by atoms with Gasteiger partial charge in [-0.2, -0.15) is 0 Å². The molecular formula is C21H24N4O2. The first kappa shape index (κ1) is 17.5. The highest BCUT2D eigenvalue weighted by Crippen LogP contribution is 2.29. The minimum absolute atomic E-state index is 0.0827. The minimum Gasteiger partial charge on any atom is -0.493 e. The predicted molar refractivity (Wildman–Crippen MR) is 104 cm³/mol. The zero-order valence-corrected chi connectivity index (χ0v) is 15.9. The fourth-order valence-corrected chi connectivity index (χ4v) is 3.67. The number of likely N-dealkylation sites (N-methyl/N-ethyl adjacent to an activating group) is 1. The number of imidazole rings is 1. The third kappa shape index (κ3) is 3.28. The van der Waals surface area contributed by atoms with Crippen LogP contribution < -0.4 is 10.1 Å². The summed E-state index contributed by atoms with van der Waals surface area (Å²) in [4.78, 5) is 19.5. The van der Waals surface area contributed by atoms with Gasteiger partial charge >= 0.3 is 0 Å². The van der Waals surface area contributed by atoms with E-state index in [9.17, 15) is 4.79 Å². The molecule has 1 aliphatic heterocycles. The monoisotopic (exact) mass is 364 g/mol. The lowest BCUT2D eigenvalue weighted by molar-refractivity contribution is 0.0935. The SMILES string of the molecule is Cc1nc2ccccn2c1C(=O)NCC(c1ccc2c(c1)CCO2)N(C)C. The second-order valence-corrected chi connectivity index (χ2v) is 7.13. The second kappa shape index (κ2) is 7.04. The van der Waals surface area contributed by atoms with E-state index in [0.717, 1.165) is 30.1 Å². The third-order valence-electron chi connectivity index (χ3n) is 5.10. The molecule has 1 N–H and O–H groups in total. The van der Waals surface area contributed by atoms with E-state index in [-0.39, 0.29) is 11.9 Å². The van der Waals surface area contributed by atoms with Gasteiger partial charge in [-0.1, -0.05) is 18.2 Å². The molecule has 1 unspecified atom stereocenters. The van der Waals surface area contributed by atoms with Crippen molar-refractivity contribution in [3.05, 3.63) is 65.1 Å². The highest BCUT2D eigenvalue weighted by Gasteiger charge is 2.21. The van der Waals surface area contributed by atoms with Crippen LogP contribution in [0.5, 0.6) is 5.75 Å². The summed E-state index contributed by atoms with van der Waals surface area (Å²) < 4.78 is 7.44. The van der Waals surface area contributed by atoms with Crippen molar-refractivity contribution in [3.8, 4) is 5.75 Å². The average molecular weight is 364 g/mol. The van der Waals surface area contributed by atoms with Crippen molar-refractivity contribution in [2.45, 2.75) is 19.4 Å². The number of ether oxygens (including phenoxy) is 1. The molecule has 2 aromatic heterocycles. The van der Waals surface area contributed by atoms with Crippen molar-refractivity contribution in [3.63, 3.8) is 0 Å². The van der Waals surface area contributed by atoms with Crippen LogP contribution in [0.15, 0.2) is 42.6 Å². The molecule has 0 fully saturated rings. The number of pyridine rings is 1. The zero-order valence-electron chi connectivity index (χ0n) is 15.9. The van der Waals surface area contributed by atoms with Gasteiger partial charge in [-0.05, 0) is 50.3 Å². The minimum atomic E-state index is -0.109. The number of amides is 1. The number of carbonyl (C=O) groups is 1. The number of aromatic nitrogens is 2. The van der Waals surface area contributed by atoms with E-state index < -0.39 is 0 Å². The molecule has 0 aliphatic carbocycles. The van der Waals surface area contributed by atoms with Gasteiger partial charge < -0.3 is 15.0 Å². The summed E-state index contributed by atoms with van der Waals surface area (Å²) in [7, 11) is 4.06. The van der Waals surface area contributed by atoms with Crippen LogP contribution in [0.1, 0.15) is 33.4 Å². The van der Waals surface area contributed by atoms with Crippen LogP contribution >= 0.6 is 0 Å². The van der Waals surface area contributed by atoms with Crippen LogP contribution in [0.4, 0.5) is 0 Å². The van der Waals surface area contributed by atoms with E-state index in [1.165, 1.54) is 11.1 Å². The summed E-state index contributed by atoms with van der Waals surface area (Å²) in [6.07, 6.45) is 2.81. The van der Waals surface area contributed by atoms with E-state index in [0.29, 0.717) is 12.2 Å². The molecule has 140 valence electrons. The van der Waals surface area contributed by atoms with Gasteiger partial charge in [0.25, 0.3) is 5.91 Å². The highest BCUT2D eigenvalue weighted by molar-refractivity contribution is 5.94. The number of hydrogen-bond acceptors (Lipinski definition) is 4. The number of aryl methyl sites for hydroxylation is 1. The van der Waals surface area contributed by atoms with Crippen molar-refractivity contribution >= 4 is 11.6 Å². The maximum absolute atomic E-state index is 12.9. The summed E-state index contributed by atoms with van der Waals surface area (Å²) in [6.45, 7) is 3.13. The third-order valence-corrected chi connectivity index (χ3v) is 5.10. The Labute approximate surface area is 158 Å². The molecule has 4 rings (SSSR count). The van der Waals surface area contributed by atoms with Crippen LogP contribution in [0.25, 0.3) is 5.65 Å². The number of rotatable bonds is 5. The first-order valence-electron chi connectivity index (χ1n) is 9.18. The molecule has 0 saturated carbocycles. The Kier molecular flexibility index (Phi) is 4.58. The molecule has 6 heteroatoms. The van der Waals surface area contributed by atoms with Gasteiger partial charge in [-0.3, -0.25) is 9.20 Å². The van der Waals surface area contributed by atoms with Crippen LogP contribution in [-0.4, -0.2) is 47.4 Å². The summed E-state index contributed by atoms with van der Waals surface area (Å²) in [6, 6.07) is 12.1. The molecule has 6 nitrogen and oxygen atoms in total. The molecule has 0 bridgehead atoms. The predicted octanol–water partition coefficient (Wildman–Crippen LogP) is 2.61. The van der Waals surface area contributed by atoms with Crippen molar-refractivity contribution in [2.75, 3.05) is 27.2 Å². The Balaban J connectivity index is 1.54. The molecule has 0 spiro atoms. The van der Waals surface area contributed by atoms with E-state index >= 15 is 0 Å². The fourth-order valence-electron chi connectivity index (χ4n) is 3.67. The lowest BCUT2D eigenvalue weighted by Gasteiger charge is -2.25. The molecule has 1 atom stereocenters. The zero-order chi connectivity index (χ0) is 19.0. The van der Waals surface area contributed by atoms with E-state index in [4.69, 9.17) is 4.74 Å². The molecule has 0 radical (unpaired) electrons. The molecule has 0 saturated heterocycles. The lowest BCUT2D eigenvalue weighted by atomic mass is 10.0. The van der Waals surface area contributed by atoms with Crippen molar-refractivity contribution < 1.29 is 9.53 Å². The number of benzene rings is 1. The van der Waals surface area contributed by atoms with Crippen molar-refractivity contribution in [1.82, 2.24) is 19.6 Å². The van der Waals surface area contributed by atoms with E-state index in [1.807, 2.05) is 55.9 Å². The first-order chi connectivity index (χ1) is 13.0. The van der Waals surface area contributed by atoms with Crippen LogP contribution in [0, 0.1) is 6.92 Å². The topological polar surface area (TPSA) is 58.9 Å². The van der Waals surface area contributed by atoms with Gasteiger partial charge in [-0.25, -0.2) is 4.98 Å². The molecule has 1 aliphatic rings. The standard InChI is InChI=1S/C21H24N4O2/c1-14-20(25-10-5-4-6-19(25)23-14)21(26)22-13-17(24(2)3)15-7-8-18-16(12-15)9-11-27-18/h4-8,10,12,17H,9,11,13H2,1-3H3,(H,22,26). The van der Waals surface area contributed by atoms with Gasteiger partial charge in [0.1, 0.15) is 17.1 Å². The average Bonchev–Trinajstić information content (AvgIpc) is 3.24. The highest BCUT2D eigenvalue weighted by atomic mass is 16.5. The van der Waals surface area contributed by atoms with E-state index in [1.54, 1.807) is 0 Å². The Morgan fingerprint density at radius 1 is 1.33 bits per heavy atom. The molecular weight excluding hydrogens is 340 g/mol. The molecule has 1 amide bonds. The number of nitrogens with one attached hydrogen (secondary N) is 1. The van der Waals surface area contributed by atoms with Crippen molar-refractivity contribution in [2.24, 2.45) is 0 Å². The Morgan fingerprint density at radius 3 is 3.00 bits per heavy atom. The first-order valence-corrected chi connectivity index (χ1v) is 9.18. The summed E-state index contributed by atoms with van der Waals surface area (Å²) in [5.41, 5.74) is 4.52. The van der Waals surface area contributed by atoms with Crippen LogP contribution in [0.2, 0.25) is 0 Å². The maximum Gasteiger partial charge on any atom is 0.270 e. The quantitative estimate of drug-likeness (QED) is 0.756. The molecule has 27 heavy (non-hydrogen) atoms. The van der Waals surface area contributed by atoms with Gasteiger partial charge in [0.15, 0.2) is 0 Å². The Bertz CT molecular complexity index is 993. The summed E-state index contributed by atoms with van der Waals surface area (Å²) >= 11 is 0. The van der Waals surface area contributed by atoms with E-state index in [2.05, 4.69) is 27.3 Å². The molecule has 3 aromatic rings. The normalized spacial score (nSPS) is 14.2. The second-order valence-electron chi connectivity index (χ2n) is 7.13. The Hall–Kier alpha value is -2.86. The number of fused-ring (bicyclic) bond motifs is 2. The molecule has 3 heterocycles. The van der Waals surface area contributed by atoms with Crippen LogP contribution in [-0.2, 0) is 6.42 Å². The van der Waals surface area contributed by atoms with Gasteiger partial charge in [0.2, 0.25) is 0 Å². The smallest absolute Gasteiger partial charge is 0.270 e. The van der Waals surface area contributed by atoms with Gasteiger partial charge in [-0.15, -0.1) is 0 Å². The van der Waals surface area contributed by atoms with Gasteiger partial charge in [0.05, 0.1) is 18.3 Å². The summed E-state index contributed by atoms with van der Waals surface area (Å²) in [5.74, 6) is 0.865. The summed E-state index contributed by atoms with van der Waals surface area (Å²) in [5, 5.41) is 3.09. The lowest BCUT2D eigenvalue weighted by Crippen LogP contribution is -2.35.